The van der Waals surface area contributed by atoms with Crippen molar-refractivity contribution in [1.29, 1.82) is 0 Å². The fourth-order valence-corrected chi connectivity index (χ4v) is 3.94. The molecule has 0 radical (unpaired) electrons. The Balaban J connectivity index is 1.52. The van der Waals surface area contributed by atoms with Gasteiger partial charge in [-0.3, -0.25) is 14.9 Å². The highest BCUT2D eigenvalue weighted by Crippen LogP contribution is 2.26. The number of hydrogen-bond acceptors (Lipinski definition) is 6. The van der Waals surface area contributed by atoms with E-state index in [-0.39, 0.29) is 11.7 Å². The zero-order valence-electron chi connectivity index (χ0n) is 16.3. The van der Waals surface area contributed by atoms with Crippen molar-refractivity contribution in [2.24, 2.45) is 0 Å². The van der Waals surface area contributed by atoms with E-state index in [4.69, 9.17) is 0 Å². The van der Waals surface area contributed by atoms with Gasteiger partial charge in [-0.1, -0.05) is 18.2 Å². The molecule has 1 amide bonds. The van der Waals surface area contributed by atoms with Crippen molar-refractivity contribution in [2.75, 3.05) is 23.9 Å². The first-order valence-corrected chi connectivity index (χ1v) is 11.5. The summed E-state index contributed by atoms with van der Waals surface area (Å²) in [5.74, 6) is 0.455. The topological polar surface area (TPSA) is 117 Å². The van der Waals surface area contributed by atoms with Gasteiger partial charge in [-0.25, -0.2) is 8.42 Å². The highest BCUT2D eigenvalue weighted by Gasteiger charge is 2.12. The number of aromatic amines is 1. The number of H-pyrrole nitrogens is 1. The van der Waals surface area contributed by atoms with Gasteiger partial charge >= 0.3 is 0 Å². The molecule has 3 N–H and O–H groups in total. The third-order valence-corrected chi connectivity index (χ3v) is 5.72. The molecule has 0 atom stereocenters. The summed E-state index contributed by atoms with van der Waals surface area (Å²) >= 11 is 0. The highest BCUT2D eigenvalue weighted by molar-refractivity contribution is 7.90. The molecule has 0 aliphatic carbocycles. The summed E-state index contributed by atoms with van der Waals surface area (Å²) in [6.45, 7) is 0.307. The van der Waals surface area contributed by atoms with Gasteiger partial charge in [0.1, 0.15) is 15.4 Å². The van der Waals surface area contributed by atoms with Crippen LogP contribution in [0.15, 0.2) is 54.7 Å². The maximum atomic E-state index is 12.6. The second-order valence-electron chi connectivity index (χ2n) is 7.08. The Hall–Kier alpha value is -3.46. The average molecular weight is 423 g/mol. The highest BCUT2D eigenvalue weighted by atomic mass is 32.2. The summed E-state index contributed by atoms with van der Waals surface area (Å²) in [6.07, 6.45) is 3.28. The molecule has 2 aromatic heterocycles. The lowest BCUT2D eigenvalue weighted by atomic mass is 10.0. The number of nitrogens with zero attached hydrogens (tertiary/aromatic N) is 2. The number of sulfone groups is 1. The number of aromatic nitrogens is 3. The zero-order valence-corrected chi connectivity index (χ0v) is 17.2. The van der Waals surface area contributed by atoms with Crippen LogP contribution in [0.2, 0.25) is 0 Å². The summed E-state index contributed by atoms with van der Waals surface area (Å²) in [5, 5.41) is 15.0. The molecule has 154 valence electrons. The molecule has 4 aromatic rings. The SMILES string of the molecule is CS(=O)(=O)CCCNC(=O)c1cccc2cc(Nc3n[nH]c4cccnc34)ccc12. The second-order valence-corrected chi connectivity index (χ2v) is 9.34. The first-order valence-electron chi connectivity index (χ1n) is 9.45. The van der Waals surface area contributed by atoms with Gasteiger partial charge in [0.15, 0.2) is 5.82 Å². The van der Waals surface area contributed by atoms with Crippen molar-refractivity contribution in [2.45, 2.75) is 6.42 Å². The van der Waals surface area contributed by atoms with Crippen LogP contribution in [0, 0.1) is 0 Å². The smallest absolute Gasteiger partial charge is 0.251 e. The largest absolute Gasteiger partial charge is 0.352 e. The van der Waals surface area contributed by atoms with E-state index < -0.39 is 9.84 Å². The summed E-state index contributed by atoms with van der Waals surface area (Å²) in [6, 6.07) is 15.0. The molecule has 30 heavy (non-hydrogen) atoms. The first kappa shape index (κ1) is 19.8. The molecule has 2 heterocycles. The first-order chi connectivity index (χ1) is 14.4. The van der Waals surface area contributed by atoms with Crippen LogP contribution >= 0.6 is 0 Å². The van der Waals surface area contributed by atoms with E-state index >= 15 is 0 Å². The summed E-state index contributed by atoms with van der Waals surface area (Å²) in [4.78, 5) is 16.9. The van der Waals surface area contributed by atoms with Crippen molar-refractivity contribution in [3.63, 3.8) is 0 Å². The van der Waals surface area contributed by atoms with Crippen LogP contribution < -0.4 is 10.6 Å². The number of pyridine rings is 1. The number of benzene rings is 2. The molecule has 0 saturated carbocycles. The number of rotatable bonds is 7. The normalized spacial score (nSPS) is 11.6. The summed E-state index contributed by atoms with van der Waals surface area (Å²) in [7, 11) is -3.03. The van der Waals surface area contributed by atoms with Crippen LogP contribution in [0.25, 0.3) is 21.8 Å². The van der Waals surface area contributed by atoms with Crippen LogP contribution in [0.5, 0.6) is 0 Å². The van der Waals surface area contributed by atoms with Gasteiger partial charge in [0.2, 0.25) is 0 Å². The van der Waals surface area contributed by atoms with Crippen LogP contribution in [0.1, 0.15) is 16.8 Å². The minimum atomic E-state index is -3.03. The Morgan fingerprint density at radius 1 is 1.13 bits per heavy atom. The molecule has 0 aliphatic rings. The number of anilines is 2. The van der Waals surface area contributed by atoms with E-state index in [0.29, 0.717) is 24.3 Å². The van der Waals surface area contributed by atoms with Crippen LogP contribution in [0.3, 0.4) is 0 Å². The predicted molar refractivity (Wildman–Crippen MR) is 118 cm³/mol. The molecular weight excluding hydrogens is 402 g/mol. The van der Waals surface area contributed by atoms with Crippen molar-refractivity contribution in [1.82, 2.24) is 20.5 Å². The molecule has 0 fully saturated rings. The Morgan fingerprint density at radius 2 is 2.00 bits per heavy atom. The lowest BCUT2D eigenvalue weighted by Crippen LogP contribution is -2.26. The molecule has 9 heteroatoms. The van der Waals surface area contributed by atoms with Crippen molar-refractivity contribution < 1.29 is 13.2 Å². The number of carbonyl (C=O) groups excluding carboxylic acids is 1. The Morgan fingerprint density at radius 3 is 2.83 bits per heavy atom. The molecule has 0 unspecified atom stereocenters. The molecule has 0 saturated heterocycles. The van der Waals surface area contributed by atoms with Gasteiger partial charge in [0.05, 0.1) is 11.3 Å². The fraction of sp³-hybridized carbons (Fsp3) is 0.190. The molecule has 4 rings (SSSR count). The summed E-state index contributed by atoms with van der Waals surface area (Å²) in [5.41, 5.74) is 2.97. The number of nitrogens with one attached hydrogen (secondary N) is 3. The minimum Gasteiger partial charge on any atom is -0.352 e. The van der Waals surface area contributed by atoms with E-state index in [2.05, 4.69) is 25.8 Å². The maximum Gasteiger partial charge on any atom is 0.251 e. The third-order valence-electron chi connectivity index (χ3n) is 4.69. The van der Waals surface area contributed by atoms with Crippen molar-refractivity contribution in [3.05, 3.63) is 60.3 Å². The van der Waals surface area contributed by atoms with E-state index in [1.807, 2.05) is 42.5 Å². The third kappa shape index (κ3) is 4.41. The van der Waals surface area contributed by atoms with Gasteiger partial charge in [-0.15, -0.1) is 0 Å². The molecule has 0 aliphatic heterocycles. The molecule has 8 nitrogen and oxygen atoms in total. The zero-order chi connectivity index (χ0) is 21.1. The van der Waals surface area contributed by atoms with Crippen LogP contribution in [-0.2, 0) is 9.84 Å². The van der Waals surface area contributed by atoms with E-state index in [1.165, 1.54) is 6.26 Å². The second kappa shape index (κ2) is 8.11. The minimum absolute atomic E-state index is 0.0502. The Kier molecular flexibility index (Phi) is 5.37. The Labute approximate surface area is 173 Å². The average Bonchev–Trinajstić information content (AvgIpc) is 3.13. The van der Waals surface area contributed by atoms with Gasteiger partial charge in [0, 0.05) is 30.2 Å². The number of fused-ring (bicyclic) bond motifs is 2. The van der Waals surface area contributed by atoms with Gasteiger partial charge < -0.3 is 10.6 Å². The van der Waals surface area contributed by atoms with Crippen molar-refractivity contribution >= 4 is 49.1 Å². The van der Waals surface area contributed by atoms with Gasteiger partial charge in [-0.2, -0.15) is 5.10 Å². The number of carbonyl (C=O) groups is 1. The number of amides is 1. The molecular formula is C21H21N5O3S. The fourth-order valence-electron chi connectivity index (χ4n) is 3.27. The summed E-state index contributed by atoms with van der Waals surface area (Å²) < 4.78 is 22.4. The van der Waals surface area contributed by atoms with Crippen molar-refractivity contribution in [3.8, 4) is 0 Å². The lowest BCUT2D eigenvalue weighted by Gasteiger charge is -2.10. The van der Waals surface area contributed by atoms with Gasteiger partial charge in [-0.05, 0) is 47.5 Å². The van der Waals surface area contributed by atoms with Crippen LogP contribution in [0.4, 0.5) is 11.5 Å². The molecule has 0 bridgehead atoms. The lowest BCUT2D eigenvalue weighted by molar-refractivity contribution is 0.0955. The standard InChI is InChI=1S/C21H21N5O3S/c1-30(28,29)12-4-11-23-21(27)17-6-2-5-14-13-15(8-9-16(14)17)24-20-19-18(25-26-20)7-3-10-22-19/h2-3,5-10,13H,4,11-12H2,1H3,(H,23,27)(H2,24,25,26). The Bertz CT molecular complexity index is 1330. The number of hydrogen-bond donors (Lipinski definition) is 3. The predicted octanol–water partition coefficient (Wildman–Crippen LogP) is 3.02. The van der Waals surface area contributed by atoms with E-state index in [9.17, 15) is 13.2 Å². The van der Waals surface area contributed by atoms with E-state index in [0.717, 1.165) is 27.5 Å². The van der Waals surface area contributed by atoms with Crippen LogP contribution in [-0.4, -0.2) is 48.1 Å². The monoisotopic (exact) mass is 423 g/mol. The van der Waals surface area contributed by atoms with E-state index in [1.54, 1.807) is 12.3 Å². The van der Waals surface area contributed by atoms with Gasteiger partial charge in [0.25, 0.3) is 5.91 Å². The molecule has 2 aromatic carbocycles. The quantitative estimate of drug-likeness (QED) is 0.394. The maximum absolute atomic E-state index is 12.6. The molecule has 0 spiro atoms.